The van der Waals surface area contributed by atoms with E-state index in [9.17, 15) is 5.11 Å². The van der Waals surface area contributed by atoms with Gasteiger partial charge < -0.3 is 14.7 Å². The lowest BCUT2D eigenvalue weighted by molar-refractivity contribution is 0.196. The maximum atomic E-state index is 9.76. The van der Waals surface area contributed by atoms with Crippen LogP contribution in [0.5, 0.6) is 0 Å². The topological polar surface area (TPSA) is 45.6 Å². The molecule has 4 nitrogen and oxygen atoms in total. The summed E-state index contributed by atoms with van der Waals surface area (Å²) in [5, 5.41) is 9.76. The average molecular weight is 238 g/mol. The van der Waals surface area contributed by atoms with Crippen LogP contribution in [0.15, 0.2) is 18.3 Å². The van der Waals surface area contributed by atoms with Gasteiger partial charge in [-0.2, -0.15) is 0 Å². The molecule has 0 fully saturated rings. The molecule has 0 radical (unpaired) electrons. The van der Waals surface area contributed by atoms with Crippen molar-refractivity contribution in [3.05, 3.63) is 23.9 Å². The van der Waals surface area contributed by atoms with Crippen LogP contribution in [0, 0.1) is 0 Å². The lowest BCUT2D eigenvalue weighted by Gasteiger charge is -2.30. The fourth-order valence-electron chi connectivity index (χ4n) is 1.77. The quantitative estimate of drug-likeness (QED) is 0.823. The van der Waals surface area contributed by atoms with Crippen molar-refractivity contribution in [1.82, 2.24) is 4.98 Å². The summed E-state index contributed by atoms with van der Waals surface area (Å²) in [6.07, 6.45) is 1.24. The number of aliphatic hydroxyl groups is 1. The van der Waals surface area contributed by atoms with Crippen LogP contribution < -0.4 is 4.90 Å². The molecule has 0 amide bonds. The van der Waals surface area contributed by atoms with Crippen molar-refractivity contribution in [3.63, 3.8) is 0 Å². The van der Waals surface area contributed by atoms with Crippen molar-refractivity contribution in [2.24, 2.45) is 0 Å². The SMILES string of the molecule is COCCN(c1ncccc1[C@@H](C)O)C(C)C. The van der Waals surface area contributed by atoms with E-state index in [-0.39, 0.29) is 0 Å². The van der Waals surface area contributed by atoms with Crippen LogP contribution in [0.2, 0.25) is 0 Å². The molecule has 0 aliphatic rings. The van der Waals surface area contributed by atoms with Crippen molar-refractivity contribution in [2.75, 3.05) is 25.2 Å². The molecule has 96 valence electrons. The van der Waals surface area contributed by atoms with Gasteiger partial charge in [-0.05, 0) is 26.8 Å². The number of hydrogen-bond donors (Lipinski definition) is 1. The molecule has 1 aromatic rings. The van der Waals surface area contributed by atoms with Gasteiger partial charge >= 0.3 is 0 Å². The Bertz CT molecular complexity index is 340. The first-order valence-electron chi connectivity index (χ1n) is 5.96. The van der Waals surface area contributed by atoms with E-state index in [4.69, 9.17) is 4.74 Å². The molecule has 0 unspecified atom stereocenters. The van der Waals surface area contributed by atoms with E-state index >= 15 is 0 Å². The highest BCUT2D eigenvalue weighted by atomic mass is 16.5. The van der Waals surface area contributed by atoms with E-state index in [0.717, 1.165) is 17.9 Å². The molecule has 1 N–H and O–H groups in total. The van der Waals surface area contributed by atoms with Gasteiger partial charge in [0.1, 0.15) is 5.82 Å². The zero-order chi connectivity index (χ0) is 12.8. The van der Waals surface area contributed by atoms with Crippen molar-refractivity contribution in [2.45, 2.75) is 32.9 Å². The summed E-state index contributed by atoms with van der Waals surface area (Å²) in [4.78, 5) is 6.53. The van der Waals surface area contributed by atoms with Gasteiger partial charge in [0.25, 0.3) is 0 Å². The summed E-state index contributed by atoms with van der Waals surface area (Å²) >= 11 is 0. The molecule has 0 aromatic carbocycles. The number of anilines is 1. The van der Waals surface area contributed by atoms with Crippen LogP contribution in [0.3, 0.4) is 0 Å². The van der Waals surface area contributed by atoms with Gasteiger partial charge in [0.15, 0.2) is 0 Å². The molecule has 0 aliphatic carbocycles. The lowest BCUT2D eigenvalue weighted by atomic mass is 10.1. The predicted octanol–water partition coefficient (Wildman–Crippen LogP) is 2.00. The maximum Gasteiger partial charge on any atom is 0.134 e. The van der Waals surface area contributed by atoms with E-state index in [2.05, 4.69) is 23.7 Å². The highest BCUT2D eigenvalue weighted by molar-refractivity contribution is 5.48. The van der Waals surface area contributed by atoms with Crippen LogP contribution in [-0.4, -0.2) is 36.4 Å². The van der Waals surface area contributed by atoms with Gasteiger partial charge in [-0.1, -0.05) is 6.07 Å². The summed E-state index contributed by atoms with van der Waals surface area (Å²) in [6.45, 7) is 7.39. The van der Waals surface area contributed by atoms with Crippen LogP contribution >= 0.6 is 0 Å². The smallest absolute Gasteiger partial charge is 0.134 e. The first-order valence-corrected chi connectivity index (χ1v) is 5.96. The Kier molecular flexibility index (Phi) is 5.38. The minimum absolute atomic E-state index is 0.317. The van der Waals surface area contributed by atoms with Crippen LogP contribution in [0.4, 0.5) is 5.82 Å². The monoisotopic (exact) mass is 238 g/mol. The standard InChI is InChI=1S/C13H22N2O2/c1-10(2)15(8-9-17-4)13-12(11(3)16)6-5-7-14-13/h5-7,10-11,16H,8-9H2,1-4H3/t11-/m1/s1. The predicted molar refractivity (Wildman–Crippen MR) is 69.2 cm³/mol. The summed E-state index contributed by atoms with van der Waals surface area (Å²) < 4.78 is 5.11. The number of rotatable bonds is 6. The van der Waals surface area contributed by atoms with Gasteiger partial charge in [-0.3, -0.25) is 0 Å². The average Bonchev–Trinajstić information content (AvgIpc) is 2.29. The lowest BCUT2D eigenvalue weighted by Crippen LogP contribution is -2.35. The van der Waals surface area contributed by atoms with Crippen molar-refractivity contribution in [1.29, 1.82) is 0 Å². The molecule has 1 atom stereocenters. The van der Waals surface area contributed by atoms with E-state index < -0.39 is 6.10 Å². The number of methoxy groups -OCH3 is 1. The largest absolute Gasteiger partial charge is 0.389 e. The number of aliphatic hydroxyl groups excluding tert-OH is 1. The first-order chi connectivity index (χ1) is 8.07. The molecule has 1 heterocycles. The molecule has 1 rings (SSSR count). The van der Waals surface area contributed by atoms with Crippen LogP contribution in [-0.2, 0) is 4.74 Å². The first kappa shape index (κ1) is 13.9. The highest BCUT2D eigenvalue weighted by Crippen LogP contribution is 2.24. The Hall–Kier alpha value is -1.13. The zero-order valence-corrected chi connectivity index (χ0v) is 11.1. The van der Waals surface area contributed by atoms with Gasteiger partial charge in [0, 0.05) is 31.5 Å². The molecule has 0 saturated carbocycles. The normalized spacial score (nSPS) is 12.8. The van der Waals surface area contributed by atoms with Gasteiger partial charge in [-0.25, -0.2) is 4.98 Å². The Balaban J connectivity index is 3.00. The van der Waals surface area contributed by atoms with Gasteiger partial charge in [0.2, 0.25) is 0 Å². The number of pyridine rings is 1. The number of ether oxygens (including phenoxy) is 1. The van der Waals surface area contributed by atoms with E-state index in [0.29, 0.717) is 12.6 Å². The fraction of sp³-hybridized carbons (Fsp3) is 0.615. The summed E-state index contributed by atoms with van der Waals surface area (Å²) in [7, 11) is 1.69. The second-order valence-corrected chi connectivity index (χ2v) is 4.37. The third kappa shape index (κ3) is 3.68. The van der Waals surface area contributed by atoms with Crippen LogP contribution in [0.25, 0.3) is 0 Å². The van der Waals surface area contributed by atoms with E-state index in [1.807, 2.05) is 12.1 Å². The molecule has 0 aliphatic heterocycles. The number of nitrogens with zero attached hydrogens (tertiary/aromatic N) is 2. The second-order valence-electron chi connectivity index (χ2n) is 4.37. The molecule has 1 aromatic heterocycles. The summed E-state index contributed by atoms with van der Waals surface area (Å²) in [6, 6.07) is 4.08. The fourth-order valence-corrected chi connectivity index (χ4v) is 1.77. The Morgan fingerprint density at radius 3 is 2.65 bits per heavy atom. The Morgan fingerprint density at radius 2 is 2.12 bits per heavy atom. The zero-order valence-electron chi connectivity index (χ0n) is 11.1. The molecule has 0 spiro atoms. The second kappa shape index (κ2) is 6.57. The number of hydrogen-bond acceptors (Lipinski definition) is 4. The van der Waals surface area contributed by atoms with Crippen molar-refractivity contribution < 1.29 is 9.84 Å². The third-order valence-electron chi connectivity index (χ3n) is 2.70. The van der Waals surface area contributed by atoms with E-state index in [1.165, 1.54) is 0 Å². The molecular formula is C13H22N2O2. The molecule has 0 bridgehead atoms. The third-order valence-corrected chi connectivity index (χ3v) is 2.70. The maximum absolute atomic E-state index is 9.76. The summed E-state index contributed by atoms with van der Waals surface area (Å²) in [5.41, 5.74) is 0.859. The van der Waals surface area contributed by atoms with E-state index in [1.54, 1.807) is 20.2 Å². The Labute approximate surface area is 103 Å². The minimum atomic E-state index is -0.512. The van der Waals surface area contributed by atoms with Crippen molar-refractivity contribution in [3.8, 4) is 0 Å². The van der Waals surface area contributed by atoms with Crippen molar-refractivity contribution >= 4 is 5.82 Å². The van der Waals surface area contributed by atoms with Gasteiger partial charge in [-0.15, -0.1) is 0 Å². The molecule has 4 heteroatoms. The minimum Gasteiger partial charge on any atom is -0.389 e. The molecular weight excluding hydrogens is 216 g/mol. The van der Waals surface area contributed by atoms with Gasteiger partial charge in [0.05, 0.1) is 12.7 Å². The van der Waals surface area contributed by atoms with Crippen LogP contribution in [0.1, 0.15) is 32.4 Å². The Morgan fingerprint density at radius 1 is 1.41 bits per heavy atom. The molecule has 17 heavy (non-hydrogen) atoms. The summed E-state index contributed by atoms with van der Waals surface area (Å²) in [5.74, 6) is 0.842. The molecule has 0 saturated heterocycles. The highest BCUT2D eigenvalue weighted by Gasteiger charge is 2.17. The number of aromatic nitrogens is 1.